The number of hydrazone groups is 1. The first kappa shape index (κ1) is 16.5. The predicted molar refractivity (Wildman–Crippen MR) is 92.9 cm³/mol. The predicted octanol–water partition coefficient (Wildman–Crippen LogP) is 3.04. The number of anilines is 1. The molecule has 2 aromatic carbocycles. The molecule has 5 nitrogen and oxygen atoms in total. The van der Waals surface area contributed by atoms with Gasteiger partial charge < -0.3 is 10.1 Å². The molecule has 0 atom stereocenters. The van der Waals surface area contributed by atoms with Gasteiger partial charge in [-0.1, -0.05) is 37.3 Å². The Bertz CT molecular complexity index is 652. The molecule has 1 amide bonds. The summed E-state index contributed by atoms with van der Waals surface area (Å²) in [6, 6.07) is 17.2. The quantitative estimate of drug-likeness (QED) is 0.610. The highest BCUT2D eigenvalue weighted by molar-refractivity contribution is 6.00. The average Bonchev–Trinajstić information content (AvgIpc) is 2.62. The lowest BCUT2D eigenvalue weighted by atomic mass is 10.1. The zero-order valence-electron chi connectivity index (χ0n) is 13.4. The van der Waals surface area contributed by atoms with Crippen LogP contribution in [-0.4, -0.2) is 25.3 Å². The monoisotopic (exact) mass is 311 g/mol. The Kier molecular flexibility index (Phi) is 6.17. The number of hydrogen-bond acceptors (Lipinski definition) is 4. The standard InChI is InChI=1S/C18H21N3O2/c1-3-17(14-7-5-4-6-8-14)20-21-18(22)13-19-15-9-11-16(23-2)12-10-15/h4-12,19H,3,13H2,1-2H3,(H,21,22). The molecule has 120 valence electrons. The van der Waals surface area contributed by atoms with E-state index in [1.165, 1.54) is 0 Å². The van der Waals surface area contributed by atoms with Crippen molar-refractivity contribution in [3.63, 3.8) is 0 Å². The third-order valence-corrected chi connectivity index (χ3v) is 3.30. The molecule has 0 aliphatic rings. The lowest BCUT2D eigenvalue weighted by Gasteiger charge is -2.08. The SMILES string of the molecule is CCC(=NNC(=O)CNc1ccc(OC)cc1)c1ccccc1. The first-order valence-corrected chi connectivity index (χ1v) is 7.51. The van der Waals surface area contributed by atoms with Gasteiger partial charge in [-0.2, -0.15) is 5.10 Å². The van der Waals surface area contributed by atoms with E-state index in [4.69, 9.17) is 4.74 Å². The summed E-state index contributed by atoms with van der Waals surface area (Å²) in [5.74, 6) is 0.586. The molecule has 2 rings (SSSR count). The van der Waals surface area contributed by atoms with Crippen molar-refractivity contribution in [2.75, 3.05) is 19.0 Å². The maximum Gasteiger partial charge on any atom is 0.259 e. The summed E-state index contributed by atoms with van der Waals surface area (Å²) >= 11 is 0. The number of carbonyl (C=O) groups excluding carboxylic acids is 1. The molecule has 0 bridgehead atoms. The van der Waals surface area contributed by atoms with Crippen molar-refractivity contribution < 1.29 is 9.53 Å². The van der Waals surface area contributed by atoms with Crippen LogP contribution >= 0.6 is 0 Å². The van der Waals surface area contributed by atoms with Gasteiger partial charge >= 0.3 is 0 Å². The Balaban J connectivity index is 1.87. The van der Waals surface area contributed by atoms with Crippen molar-refractivity contribution in [2.45, 2.75) is 13.3 Å². The summed E-state index contributed by atoms with van der Waals surface area (Å²) in [6.07, 6.45) is 0.746. The lowest BCUT2D eigenvalue weighted by molar-refractivity contribution is -0.119. The van der Waals surface area contributed by atoms with E-state index in [-0.39, 0.29) is 12.5 Å². The molecule has 2 N–H and O–H groups in total. The fourth-order valence-corrected chi connectivity index (χ4v) is 2.04. The van der Waals surface area contributed by atoms with Crippen LogP contribution in [0.2, 0.25) is 0 Å². The van der Waals surface area contributed by atoms with Crippen molar-refractivity contribution in [1.29, 1.82) is 0 Å². The molecule has 0 aliphatic heterocycles. The Labute approximate surface area is 136 Å². The molecule has 2 aromatic rings. The van der Waals surface area contributed by atoms with Crippen LogP contribution in [0.3, 0.4) is 0 Å². The number of carbonyl (C=O) groups is 1. The molecule has 0 fully saturated rings. The van der Waals surface area contributed by atoms with Crippen LogP contribution in [0.5, 0.6) is 5.75 Å². The molecule has 0 saturated heterocycles. The second kappa shape index (κ2) is 8.58. The van der Waals surface area contributed by atoms with E-state index in [1.54, 1.807) is 7.11 Å². The Morgan fingerprint density at radius 2 is 1.78 bits per heavy atom. The van der Waals surface area contributed by atoms with Crippen LogP contribution in [0.4, 0.5) is 5.69 Å². The van der Waals surface area contributed by atoms with Gasteiger partial charge in [0, 0.05) is 5.69 Å². The summed E-state index contributed by atoms with van der Waals surface area (Å²) in [5, 5.41) is 7.25. The molecule has 23 heavy (non-hydrogen) atoms. The van der Waals surface area contributed by atoms with E-state index in [0.717, 1.165) is 29.1 Å². The number of nitrogens with one attached hydrogen (secondary N) is 2. The summed E-state index contributed by atoms with van der Waals surface area (Å²) in [7, 11) is 1.62. The van der Waals surface area contributed by atoms with Crippen molar-refractivity contribution in [1.82, 2.24) is 5.43 Å². The highest BCUT2D eigenvalue weighted by Gasteiger charge is 2.03. The van der Waals surface area contributed by atoms with Gasteiger partial charge in [-0.15, -0.1) is 0 Å². The number of methoxy groups -OCH3 is 1. The summed E-state index contributed by atoms with van der Waals surface area (Å²) in [5.41, 5.74) is 5.30. The Hall–Kier alpha value is -2.82. The Morgan fingerprint density at radius 1 is 1.09 bits per heavy atom. The number of nitrogens with zero attached hydrogens (tertiary/aromatic N) is 1. The van der Waals surface area contributed by atoms with E-state index in [2.05, 4.69) is 15.8 Å². The molecule has 0 spiro atoms. The summed E-state index contributed by atoms with van der Waals surface area (Å²) in [4.78, 5) is 11.9. The van der Waals surface area contributed by atoms with Gasteiger partial charge in [0.25, 0.3) is 5.91 Å². The fraction of sp³-hybridized carbons (Fsp3) is 0.222. The van der Waals surface area contributed by atoms with Gasteiger partial charge in [0.05, 0.1) is 19.4 Å². The third-order valence-electron chi connectivity index (χ3n) is 3.30. The third kappa shape index (κ3) is 5.14. The number of hydrogen-bond donors (Lipinski definition) is 2. The number of amides is 1. The summed E-state index contributed by atoms with van der Waals surface area (Å²) in [6.45, 7) is 2.16. The summed E-state index contributed by atoms with van der Waals surface area (Å²) < 4.78 is 5.09. The van der Waals surface area contributed by atoms with Crippen molar-refractivity contribution in [3.05, 3.63) is 60.2 Å². The molecular weight excluding hydrogens is 290 g/mol. The van der Waals surface area contributed by atoms with E-state index in [0.29, 0.717) is 0 Å². The van der Waals surface area contributed by atoms with Crippen molar-refractivity contribution in [3.8, 4) is 5.75 Å². The highest BCUT2D eigenvalue weighted by Crippen LogP contribution is 2.14. The Morgan fingerprint density at radius 3 is 2.39 bits per heavy atom. The maximum absolute atomic E-state index is 11.9. The van der Waals surface area contributed by atoms with E-state index in [1.807, 2.05) is 61.5 Å². The largest absolute Gasteiger partial charge is 0.497 e. The van der Waals surface area contributed by atoms with Crippen molar-refractivity contribution in [2.24, 2.45) is 5.10 Å². The number of benzene rings is 2. The minimum Gasteiger partial charge on any atom is -0.497 e. The number of rotatable bonds is 7. The zero-order chi connectivity index (χ0) is 16.5. The molecule has 0 radical (unpaired) electrons. The first-order valence-electron chi connectivity index (χ1n) is 7.51. The normalized spacial score (nSPS) is 11.0. The van der Waals surface area contributed by atoms with Gasteiger partial charge in [0.15, 0.2) is 0 Å². The lowest BCUT2D eigenvalue weighted by Crippen LogP contribution is -2.27. The molecule has 0 aliphatic carbocycles. The van der Waals surface area contributed by atoms with E-state index >= 15 is 0 Å². The van der Waals surface area contributed by atoms with Crippen LogP contribution in [0.25, 0.3) is 0 Å². The molecule has 0 aromatic heterocycles. The first-order chi connectivity index (χ1) is 11.2. The van der Waals surface area contributed by atoms with Crippen LogP contribution in [0, 0.1) is 0 Å². The minimum atomic E-state index is -0.192. The fourth-order valence-electron chi connectivity index (χ4n) is 2.04. The second-order valence-corrected chi connectivity index (χ2v) is 4.90. The highest BCUT2D eigenvalue weighted by atomic mass is 16.5. The average molecular weight is 311 g/mol. The molecular formula is C18H21N3O2. The smallest absolute Gasteiger partial charge is 0.259 e. The second-order valence-electron chi connectivity index (χ2n) is 4.90. The van der Waals surface area contributed by atoms with Crippen LogP contribution in [0.1, 0.15) is 18.9 Å². The van der Waals surface area contributed by atoms with Gasteiger partial charge in [-0.05, 0) is 36.2 Å². The zero-order valence-corrected chi connectivity index (χ0v) is 13.4. The van der Waals surface area contributed by atoms with Gasteiger partial charge in [0.2, 0.25) is 0 Å². The molecule has 0 saturated carbocycles. The topological polar surface area (TPSA) is 62.7 Å². The molecule has 0 heterocycles. The molecule has 5 heteroatoms. The van der Waals surface area contributed by atoms with Crippen LogP contribution in [0.15, 0.2) is 59.7 Å². The minimum absolute atomic E-state index is 0.154. The van der Waals surface area contributed by atoms with Crippen LogP contribution < -0.4 is 15.5 Å². The van der Waals surface area contributed by atoms with Crippen molar-refractivity contribution >= 4 is 17.3 Å². The molecule has 0 unspecified atom stereocenters. The van der Waals surface area contributed by atoms with E-state index < -0.39 is 0 Å². The van der Waals surface area contributed by atoms with E-state index in [9.17, 15) is 4.79 Å². The van der Waals surface area contributed by atoms with Gasteiger partial charge in [0.1, 0.15) is 5.75 Å². The number of ether oxygens (including phenoxy) is 1. The van der Waals surface area contributed by atoms with Crippen LogP contribution in [-0.2, 0) is 4.79 Å². The van der Waals surface area contributed by atoms with Gasteiger partial charge in [-0.25, -0.2) is 5.43 Å². The van der Waals surface area contributed by atoms with Gasteiger partial charge in [-0.3, -0.25) is 4.79 Å². The maximum atomic E-state index is 11.9.